The lowest BCUT2D eigenvalue weighted by atomic mass is 9.62. The number of nitrogens with zero attached hydrogens (tertiary/aromatic N) is 1. The number of hydrogen-bond donors (Lipinski definition) is 3. The summed E-state index contributed by atoms with van der Waals surface area (Å²) in [5.74, 6) is -2.54. The molecular formula is C34H39N3O5. The number of carbonyl (C=O) groups excluding carboxylic acids is 3. The summed E-state index contributed by atoms with van der Waals surface area (Å²) < 4.78 is 6.83. The molecule has 7 atom stereocenters. The van der Waals surface area contributed by atoms with Gasteiger partial charge in [0.1, 0.15) is 11.6 Å². The molecule has 2 bridgehead atoms. The fourth-order valence-electron chi connectivity index (χ4n) is 7.81. The fraction of sp³-hybridized carbons (Fsp3) is 0.441. The van der Waals surface area contributed by atoms with E-state index in [1.54, 1.807) is 17.0 Å². The maximum atomic E-state index is 14.5. The first-order valence-electron chi connectivity index (χ1n) is 14.9. The van der Waals surface area contributed by atoms with Gasteiger partial charge in [0, 0.05) is 11.4 Å². The van der Waals surface area contributed by atoms with Gasteiger partial charge in [0.15, 0.2) is 0 Å². The Morgan fingerprint density at radius 2 is 1.64 bits per heavy atom. The van der Waals surface area contributed by atoms with Crippen molar-refractivity contribution >= 4 is 39.9 Å². The molecule has 0 aliphatic carbocycles. The molecule has 3 unspecified atom stereocenters. The monoisotopic (exact) mass is 569 g/mol. The van der Waals surface area contributed by atoms with Gasteiger partial charge >= 0.3 is 0 Å². The second-order valence-electron chi connectivity index (χ2n) is 12.8. The Hall–Kier alpha value is -3.75. The molecule has 3 fully saturated rings. The van der Waals surface area contributed by atoms with E-state index in [0.29, 0.717) is 24.2 Å². The number of nitrogens with one attached hydrogen (secondary N) is 2. The summed E-state index contributed by atoms with van der Waals surface area (Å²) in [6.07, 6.45) is 0.972. The van der Waals surface area contributed by atoms with E-state index in [9.17, 15) is 19.5 Å². The standard InChI is InChI=1S/C34H39N3O5/c1-20(2)16-26(19-38)37-29(31(40)36-25-15-14-22-10-8-9-11-23(22)17-25)34-18-21(3)33(4,42-34)27(28(34)32(37)41)30(39)35-24-12-6-5-7-13-24/h5-15,17,20-21,26-29,38H,16,18-19H2,1-4H3,(H,35,39)(H,36,40)/t21?,26-,27-,28+,29?,33+,34?/m1/s1. The van der Waals surface area contributed by atoms with E-state index in [-0.39, 0.29) is 36.2 Å². The van der Waals surface area contributed by atoms with Gasteiger partial charge in [0.2, 0.25) is 17.7 Å². The number of likely N-dealkylation sites (tertiary alicyclic amines) is 1. The first-order chi connectivity index (χ1) is 20.1. The minimum Gasteiger partial charge on any atom is -0.394 e. The van der Waals surface area contributed by atoms with Crippen LogP contribution in [0.1, 0.15) is 40.5 Å². The third-order valence-corrected chi connectivity index (χ3v) is 9.69. The molecule has 3 amide bonds. The van der Waals surface area contributed by atoms with Crippen molar-refractivity contribution in [3.05, 3.63) is 72.8 Å². The molecule has 3 aliphatic rings. The van der Waals surface area contributed by atoms with E-state index in [1.165, 1.54) is 0 Å². The van der Waals surface area contributed by atoms with Crippen molar-refractivity contribution in [2.75, 3.05) is 17.2 Å². The maximum absolute atomic E-state index is 14.5. The van der Waals surface area contributed by atoms with Crippen LogP contribution in [0.5, 0.6) is 0 Å². The van der Waals surface area contributed by atoms with Crippen LogP contribution in [0.15, 0.2) is 72.8 Å². The highest BCUT2D eigenvalue weighted by Gasteiger charge is 2.80. The number of rotatable bonds is 8. The molecule has 6 rings (SSSR count). The zero-order valence-corrected chi connectivity index (χ0v) is 24.5. The van der Waals surface area contributed by atoms with E-state index in [1.807, 2.05) is 88.4 Å². The number of carbonyl (C=O) groups is 3. The van der Waals surface area contributed by atoms with Gasteiger partial charge in [-0.2, -0.15) is 0 Å². The molecule has 3 saturated heterocycles. The van der Waals surface area contributed by atoms with Crippen LogP contribution in [0.25, 0.3) is 10.8 Å². The summed E-state index contributed by atoms with van der Waals surface area (Å²) in [6, 6.07) is 21.2. The van der Waals surface area contributed by atoms with Crippen LogP contribution < -0.4 is 10.6 Å². The third-order valence-electron chi connectivity index (χ3n) is 9.69. The Balaban J connectivity index is 1.41. The number of benzene rings is 3. The van der Waals surface area contributed by atoms with Gasteiger partial charge in [0.05, 0.1) is 30.1 Å². The van der Waals surface area contributed by atoms with Crippen LogP contribution >= 0.6 is 0 Å². The largest absolute Gasteiger partial charge is 0.394 e. The lowest BCUT2D eigenvalue weighted by molar-refractivity contribution is -0.148. The summed E-state index contributed by atoms with van der Waals surface area (Å²) in [7, 11) is 0. The number of ether oxygens (including phenoxy) is 1. The Kier molecular flexibility index (Phi) is 7.10. The Bertz CT molecular complexity index is 1530. The van der Waals surface area contributed by atoms with Gasteiger partial charge in [-0.25, -0.2) is 0 Å². The number of hydrogen-bond acceptors (Lipinski definition) is 5. The molecular weight excluding hydrogens is 530 g/mol. The molecule has 3 aliphatic heterocycles. The molecule has 42 heavy (non-hydrogen) atoms. The highest BCUT2D eigenvalue weighted by atomic mass is 16.5. The SMILES string of the molecule is CC(C)C[C@H](CO)N1C(=O)[C@@H]2[C@H](C(=O)Nc3ccccc3)[C@@]3(C)OC2(CC3C)C1C(=O)Nc1ccc2ccccc2c1. The summed E-state index contributed by atoms with van der Waals surface area (Å²) >= 11 is 0. The highest BCUT2D eigenvalue weighted by Crippen LogP contribution is 2.65. The molecule has 8 heteroatoms. The Morgan fingerprint density at radius 1 is 0.976 bits per heavy atom. The van der Waals surface area contributed by atoms with Crippen molar-refractivity contribution in [3.63, 3.8) is 0 Å². The second-order valence-corrected chi connectivity index (χ2v) is 12.8. The van der Waals surface area contributed by atoms with E-state index in [2.05, 4.69) is 10.6 Å². The number of para-hydroxylation sites is 1. The van der Waals surface area contributed by atoms with Gasteiger partial charge in [0.25, 0.3) is 0 Å². The van der Waals surface area contributed by atoms with Crippen LogP contribution in [0.3, 0.4) is 0 Å². The van der Waals surface area contributed by atoms with Crippen LogP contribution in [-0.4, -0.2) is 57.6 Å². The molecule has 8 nitrogen and oxygen atoms in total. The average Bonchev–Trinajstić information content (AvgIpc) is 3.48. The van der Waals surface area contributed by atoms with Crippen molar-refractivity contribution in [2.24, 2.45) is 23.7 Å². The fourth-order valence-corrected chi connectivity index (χ4v) is 7.81. The number of amides is 3. The minimum absolute atomic E-state index is 0.0818. The molecule has 0 saturated carbocycles. The van der Waals surface area contributed by atoms with Gasteiger partial charge in [-0.1, -0.05) is 69.3 Å². The van der Waals surface area contributed by atoms with Crippen LogP contribution in [0.4, 0.5) is 11.4 Å². The quantitative estimate of drug-likeness (QED) is 0.360. The molecule has 0 radical (unpaired) electrons. The van der Waals surface area contributed by atoms with Crippen molar-refractivity contribution < 1.29 is 24.2 Å². The topological polar surface area (TPSA) is 108 Å². The summed E-state index contributed by atoms with van der Waals surface area (Å²) in [4.78, 5) is 44.3. The molecule has 1 spiro atoms. The number of aliphatic hydroxyl groups excluding tert-OH is 1. The van der Waals surface area contributed by atoms with E-state index < -0.39 is 35.1 Å². The van der Waals surface area contributed by atoms with Crippen molar-refractivity contribution in [3.8, 4) is 0 Å². The normalized spacial score (nSPS) is 30.5. The maximum Gasteiger partial charge on any atom is 0.250 e. The van der Waals surface area contributed by atoms with E-state index >= 15 is 0 Å². The van der Waals surface area contributed by atoms with E-state index in [4.69, 9.17) is 4.74 Å². The Morgan fingerprint density at radius 3 is 2.33 bits per heavy atom. The summed E-state index contributed by atoms with van der Waals surface area (Å²) in [6.45, 7) is 7.67. The zero-order chi connectivity index (χ0) is 29.8. The van der Waals surface area contributed by atoms with Crippen molar-refractivity contribution in [2.45, 2.75) is 63.8 Å². The molecule has 0 aromatic heterocycles. The number of aliphatic hydroxyl groups is 1. The molecule has 220 valence electrons. The molecule has 3 aromatic rings. The first kappa shape index (κ1) is 28.4. The Labute approximate surface area is 246 Å². The van der Waals surface area contributed by atoms with Gasteiger partial charge in [-0.3, -0.25) is 14.4 Å². The van der Waals surface area contributed by atoms with Crippen molar-refractivity contribution in [1.82, 2.24) is 4.90 Å². The van der Waals surface area contributed by atoms with Crippen LogP contribution in [0.2, 0.25) is 0 Å². The summed E-state index contributed by atoms with van der Waals surface area (Å²) in [5, 5.41) is 18.6. The molecule has 3 N–H and O–H groups in total. The number of fused-ring (bicyclic) bond motifs is 2. The lowest BCUT2D eigenvalue weighted by Gasteiger charge is -2.37. The predicted molar refractivity (Wildman–Crippen MR) is 162 cm³/mol. The van der Waals surface area contributed by atoms with Gasteiger partial charge in [-0.05, 0) is 66.6 Å². The minimum atomic E-state index is -1.20. The smallest absolute Gasteiger partial charge is 0.250 e. The highest BCUT2D eigenvalue weighted by molar-refractivity contribution is 6.06. The first-order valence-corrected chi connectivity index (χ1v) is 14.9. The summed E-state index contributed by atoms with van der Waals surface area (Å²) in [5.41, 5.74) is -0.883. The third kappa shape index (κ3) is 4.39. The predicted octanol–water partition coefficient (Wildman–Crippen LogP) is 4.83. The van der Waals surface area contributed by atoms with Crippen LogP contribution in [0, 0.1) is 23.7 Å². The molecule has 3 heterocycles. The van der Waals surface area contributed by atoms with E-state index in [0.717, 1.165) is 10.8 Å². The molecule has 3 aromatic carbocycles. The van der Waals surface area contributed by atoms with Crippen LogP contribution in [-0.2, 0) is 19.1 Å². The zero-order valence-electron chi connectivity index (χ0n) is 24.5. The van der Waals surface area contributed by atoms with Gasteiger partial charge < -0.3 is 25.4 Å². The lowest BCUT2D eigenvalue weighted by Crippen LogP contribution is -2.56. The van der Waals surface area contributed by atoms with Gasteiger partial charge in [-0.15, -0.1) is 0 Å². The number of anilines is 2. The second kappa shape index (κ2) is 10.5. The van der Waals surface area contributed by atoms with Crippen molar-refractivity contribution in [1.29, 1.82) is 0 Å². The average molecular weight is 570 g/mol.